The molecule has 0 aliphatic heterocycles. The highest BCUT2D eigenvalue weighted by Crippen LogP contribution is 2.65. The van der Waals surface area contributed by atoms with Crippen LogP contribution in [0.1, 0.15) is 22.3 Å². The Morgan fingerprint density at radius 2 is 0.878 bits per heavy atom. The summed E-state index contributed by atoms with van der Waals surface area (Å²) in [6.45, 7) is 0. The summed E-state index contributed by atoms with van der Waals surface area (Å²) in [6, 6.07) is 61.3. The molecule has 8 aromatic carbocycles. The Morgan fingerprint density at radius 3 is 1.57 bits per heavy atom. The van der Waals surface area contributed by atoms with E-state index in [2.05, 4.69) is 169 Å². The lowest BCUT2D eigenvalue weighted by molar-refractivity contribution is 0.803. The molecule has 9 aromatic rings. The molecule has 1 heterocycles. The molecule has 0 atom stereocenters. The quantitative estimate of drug-likeness (QED) is 0.175. The van der Waals surface area contributed by atoms with Gasteiger partial charge in [0.2, 0.25) is 0 Å². The fourth-order valence-electron chi connectivity index (χ4n) is 9.13. The van der Waals surface area contributed by atoms with Crippen molar-refractivity contribution in [1.29, 1.82) is 0 Å². The summed E-state index contributed by atoms with van der Waals surface area (Å²) < 4.78 is 0. The molecule has 0 saturated carbocycles. The second kappa shape index (κ2) is 9.86. The van der Waals surface area contributed by atoms with E-state index in [9.17, 15) is 0 Å². The van der Waals surface area contributed by atoms with Crippen molar-refractivity contribution in [2.75, 3.05) is 0 Å². The lowest BCUT2D eigenvalue weighted by atomic mass is 9.69. The Bertz CT molecular complexity index is 2760. The van der Waals surface area contributed by atoms with Crippen LogP contribution in [-0.4, -0.2) is 4.98 Å². The SMILES string of the molecule is c1ccc2c(c1)-c1ccccc1C21c2cc3cc(-c4ccc(-c5ccncc5)cc4)ccc3cc2-c2c1c1ccccc1c1ccccc21. The molecule has 0 amide bonds. The summed E-state index contributed by atoms with van der Waals surface area (Å²) in [7, 11) is 0. The molecule has 1 spiro atoms. The maximum Gasteiger partial charge on any atom is 0.0731 e. The molecule has 0 saturated heterocycles. The number of benzene rings is 8. The van der Waals surface area contributed by atoms with Gasteiger partial charge in [-0.3, -0.25) is 4.98 Å². The molecule has 0 bridgehead atoms. The van der Waals surface area contributed by atoms with Crippen LogP contribution in [0.15, 0.2) is 176 Å². The molecule has 0 fully saturated rings. The summed E-state index contributed by atoms with van der Waals surface area (Å²) >= 11 is 0. The summed E-state index contributed by atoms with van der Waals surface area (Å²) in [5, 5.41) is 7.80. The summed E-state index contributed by atoms with van der Waals surface area (Å²) in [6.07, 6.45) is 3.70. The van der Waals surface area contributed by atoms with E-state index in [1.165, 1.54) is 99.1 Å². The van der Waals surface area contributed by atoms with Crippen molar-refractivity contribution in [3.63, 3.8) is 0 Å². The fourth-order valence-corrected chi connectivity index (χ4v) is 9.13. The van der Waals surface area contributed by atoms with E-state index in [1.54, 1.807) is 0 Å². The highest BCUT2D eigenvalue weighted by Gasteiger charge is 2.53. The molecule has 0 N–H and O–H groups in total. The molecule has 11 rings (SSSR count). The van der Waals surface area contributed by atoms with Crippen LogP contribution < -0.4 is 0 Å². The van der Waals surface area contributed by atoms with E-state index in [0.29, 0.717) is 0 Å². The third-order valence-electron chi connectivity index (χ3n) is 11.1. The van der Waals surface area contributed by atoms with Gasteiger partial charge >= 0.3 is 0 Å². The van der Waals surface area contributed by atoms with Crippen LogP contribution in [0.25, 0.3) is 76.8 Å². The molecule has 0 radical (unpaired) electrons. The van der Waals surface area contributed by atoms with Crippen LogP contribution in [-0.2, 0) is 5.41 Å². The summed E-state index contributed by atoms with van der Waals surface area (Å²) in [4.78, 5) is 4.18. The molecule has 226 valence electrons. The highest BCUT2D eigenvalue weighted by atomic mass is 14.6. The van der Waals surface area contributed by atoms with Crippen LogP contribution in [0, 0.1) is 0 Å². The van der Waals surface area contributed by atoms with Crippen molar-refractivity contribution in [1.82, 2.24) is 4.98 Å². The first-order valence-electron chi connectivity index (χ1n) is 17.0. The van der Waals surface area contributed by atoms with E-state index < -0.39 is 5.41 Å². The Labute approximate surface area is 284 Å². The maximum atomic E-state index is 4.18. The first kappa shape index (κ1) is 26.7. The molecular weight excluding hydrogens is 591 g/mol. The molecule has 2 aliphatic carbocycles. The zero-order valence-corrected chi connectivity index (χ0v) is 26.7. The van der Waals surface area contributed by atoms with E-state index in [0.717, 1.165) is 0 Å². The predicted molar refractivity (Wildman–Crippen MR) is 204 cm³/mol. The third-order valence-corrected chi connectivity index (χ3v) is 11.1. The normalized spacial score (nSPS) is 13.5. The minimum atomic E-state index is -0.433. The van der Waals surface area contributed by atoms with E-state index in [1.807, 2.05) is 12.4 Å². The van der Waals surface area contributed by atoms with Crippen LogP contribution in [0.5, 0.6) is 0 Å². The van der Waals surface area contributed by atoms with Crippen LogP contribution >= 0.6 is 0 Å². The van der Waals surface area contributed by atoms with Crippen molar-refractivity contribution >= 4 is 32.3 Å². The van der Waals surface area contributed by atoms with Gasteiger partial charge in [-0.2, -0.15) is 0 Å². The van der Waals surface area contributed by atoms with Gasteiger partial charge in [0.05, 0.1) is 5.41 Å². The minimum Gasteiger partial charge on any atom is -0.265 e. The third kappa shape index (κ3) is 3.51. The highest BCUT2D eigenvalue weighted by molar-refractivity contribution is 6.20. The van der Waals surface area contributed by atoms with E-state index in [-0.39, 0.29) is 0 Å². The molecule has 2 aliphatic rings. The van der Waals surface area contributed by atoms with Crippen molar-refractivity contribution in [3.8, 4) is 44.5 Å². The average Bonchev–Trinajstić information content (AvgIpc) is 3.64. The van der Waals surface area contributed by atoms with Crippen LogP contribution in [0.4, 0.5) is 0 Å². The molecule has 1 aromatic heterocycles. The number of aromatic nitrogens is 1. The van der Waals surface area contributed by atoms with Gasteiger partial charge in [0.25, 0.3) is 0 Å². The number of hydrogen-bond donors (Lipinski definition) is 0. The van der Waals surface area contributed by atoms with Crippen molar-refractivity contribution < 1.29 is 0 Å². The Kier molecular flexibility index (Phi) is 5.38. The maximum absolute atomic E-state index is 4.18. The summed E-state index contributed by atoms with van der Waals surface area (Å²) in [5.74, 6) is 0. The second-order valence-corrected chi connectivity index (χ2v) is 13.5. The first-order chi connectivity index (χ1) is 24.3. The number of pyridine rings is 1. The lowest BCUT2D eigenvalue weighted by Crippen LogP contribution is -2.26. The Hall–Kier alpha value is -6.31. The zero-order valence-electron chi connectivity index (χ0n) is 26.7. The molecule has 0 unspecified atom stereocenters. The molecule has 1 heteroatoms. The van der Waals surface area contributed by atoms with Gasteiger partial charge in [-0.05, 0) is 129 Å². The van der Waals surface area contributed by atoms with Gasteiger partial charge in [0.1, 0.15) is 0 Å². The predicted octanol–water partition coefficient (Wildman–Crippen LogP) is 12.2. The van der Waals surface area contributed by atoms with Crippen molar-refractivity contribution in [2.24, 2.45) is 0 Å². The van der Waals surface area contributed by atoms with Gasteiger partial charge in [0.15, 0.2) is 0 Å². The second-order valence-electron chi connectivity index (χ2n) is 13.5. The largest absolute Gasteiger partial charge is 0.265 e. The van der Waals surface area contributed by atoms with Gasteiger partial charge in [-0.1, -0.05) is 133 Å². The first-order valence-corrected chi connectivity index (χ1v) is 17.0. The molecular formula is C48H29N. The minimum absolute atomic E-state index is 0.433. The Balaban J connectivity index is 1.23. The van der Waals surface area contributed by atoms with Crippen molar-refractivity contribution in [2.45, 2.75) is 5.41 Å². The standard InChI is InChI=1S/C48H29N/c1-3-13-40-36(9-1)37-10-2-4-14-41(37)47-46(40)42-28-34-22-21-33(31-19-17-30(18-20-31)32-23-25-49-26-24-32)27-35(34)29-45(42)48(47)43-15-7-5-11-38(43)39-12-6-8-16-44(39)48/h1-29H. The van der Waals surface area contributed by atoms with Crippen molar-refractivity contribution in [3.05, 3.63) is 198 Å². The van der Waals surface area contributed by atoms with Gasteiger partial charge in [-0.15, -0.1) is 0 Å². The van der Waals surface area contributed by atoms with Gasteiger partial charge in [0, 0.05) is 12.4 Å². The molecule has 1 nitrogen and oxygen atoms in total. The smallest absolute Gasteiger partial charge is 0.0731 e. The number of rotatable bonds is 2. The average molecular weight is 620 g/mol. The Morgan fingerprint density at radius 1 is 0.347 bits per heavy atom. The van der Waals surface area contributed by atoms with Crippen LogP contribution in [0.2, 0.25) is 0 Å². The van der Waals surface area contributed by atoms with Gasteiger partial charge < -0.3 is 0 Å². The summed E-state index contributed by atoms with van der Waals surface area (Å²) in [5.41, 5.74) is 15.3. The molecule has 49 heavy (non-hydrogen) atoms. The number of hydrogen-bond acceptors (Lipinski definition) is 1. The number of fused-ring (bicyclic) bond motifs is 16. The number of nitrogens with zero attached hydrogens (tertiary/aromatic N) is 1. The monoisotopic (exact) mass is 619 g/mol. The fraction of sp³-hybridized carbons (Fsp3) is 0.0208. The lowest BCUT2D eigenvalue weighted by Gasteiger charge is -2.32. The topological polar surface area (TPSA) is 12.9 Å². The van der Waals surface area contributed by atoms with E-state index in [4.69, 9.17) is 0 Å². The van der Waals surface area contributed by atoms with Crippen LogP contribution in [0.3, 0.4) is 0 Å². The van der Waals surface area contributed by atoms with E-state index >= 15 is 0 Å². The van der Waals surface area contributed by atoms with Gasteiger partial charge in [-0.25, -0.2) is 0 Å². The zero-order chi connectivity index (χ0) is 32.1.